The second-order valence-electron chi connectivity index (χ2n) is 6.84. The van der Waals surface area contributed by atoms with Crippen LogP contribution in [0.2, 0.25) is 0 Å². The summed E-state index contributed by atoms with van der Waals surface area (Å²) in [6, 6.07) is 0. The van der Waals surface area contributed by atoms with E-state index in [1.54, 1.807) is 4.57 Å². The number of aromatic nitrogens is 4. The molecule has 2 fully saturated rings. The fourth-order valence-corrected chi connectivity index (χ4v) is 3.85. The van der Waals surface area contributed by atoms with Crippen molar-refractivity contribution in [2.75, 3.05) is 6.61 Å². The van der Waals surface area contributed by atoms with Gasteiger partial charge in [-0.3, -0.25) is 4.57 Å². The normalized spacial score (nSPS) is 35.7. The molecule has 9 heteroatoms. The molecule has 1 saturated heterocycles. The van der Waals surface area contributed by atoms with E-state index in [4.69, 9.17) is 4.74 Å². The minimum absolute atomic E-state index is 0.164. The van der Waals surface area contributed by atoms with Crippen molar-refractivity contribution in [1.82, 2.24) is 19.5 Å². The van der Waals surface area contributed by atoms with E-state index in [0.717, 1.165) is 25.0 Å². The van der Waals surface area contributed by atoms with Crippen LogP contribution >= 0.6 is 0 Å². The molecule has 2 aromatic heterocycles. The van der Waals surface area contributed by atoms with E-state index in [-0.39, 0.29) is 18.6 Å². The molecule has 1 saturated carbocycles. The van der Waals surface area contributed by atoms with Crippen LogP contribution in [0.1, 0.15) is 31.2 Å². The molecule has 3 heterocycles. The molecule has 1 unspecified atom stereocenters. The number of fused-ring (bicyclic) bond motifs is 1. The van der Waals surface area contributed by atoms with Crippen LogP contribution in [0.3, 0.4) is 0 Å². The van der Waals surface area contributed by atoms with Crippen molar-refractivity contribution in [3.63, 3.8) is 0 Å². The SMILES string of the molecule is OC[C@H]1O[C@@H](n2cnc3c(CC4CCC[C@H]4O)ncnc32)[C@H](O)[C@@H]1O. The summed E-state index contributed by atoms with van der Waals surface area (Å²) in [5.74, 6) is 0.164. The maximum atomic E-state index is 10.2. The highest BCUT2D eigenvalue weighted by Gasteiger charge is 2.44. The topological polar surface area (TPSA) is 134 Å². The molecule has 0 spiro atoms. The monoisotopic (exact) mass is 350 g/mol. The second kappa shape index (κ2) is 6.58. The first-order valence-electron chi connectivity index (χ1n) is 8.57. The molecule has 0 aromatic carbocycles. The largest absolute Gasteiger partial charge is 0.394 e. The summed E-state index contributed by atoms with van der Waals surface area (Å²) >= 11 is 0. The minimum atomic E-state index is -1.19. The third-order valence-electron chi connectivity index (χ3n) is 5.30. The number of imidazole rings is 1. The van der Waals surface area contributed by atoms with Gasteiger partial charge in [-0.1, -0.05) is 6.42 Å². The summed E-state index contributed by atoms with van der Waals surface area (Å²) in [6.45, 7) is -0.388. The quantitative estimate of drug-likeness (QED) is 0.560. The Kier molecular flexibility index (Phi) is 4.42. The van der Waals surface area contributed by atoms with Gasteiger partial charge in [-0.25, -0.2) is 15.0 Å². The number of rotatable bonds is 4. The van der Waals surface area contributed by atoms with Gasteiger partial charge in [0.25, 0.3) is 0 Å². The Bertz CT molecular complexity index is 753. The average molecular weight is 350 g/mol. The van der Waals surface area contributed by atoms with E-state index in [9.17, 15) is 20.4 Å². The standard InChI is InChI=1S/C16H22N4O5/c21-5-11-13(23)14(24)16(25-11)20-7-19-12-9(17-6-18-15(12)20)4-8-2-1-3-10(8)22/h6-8,10-11,13-14,16,21-24H,1-5H2/t8?,10-,11-,13-,14-,16-/m1/s1. The number of aliphatic hydroxyl groups excluding tert-OH is 4. The molecule has 0 bridgehead atoms. The van der Waals surface area contributed by atoms with Crippen molar-refractivity contribution in [1.29, 1.82) is 0 Å². The molecule has 2 aliphatic rings. The first-order valence-corrected chi connectivity index (χ1v) is 8.57. The van der Waals surface area contributed by atoms with Crippen LogP contribution in [0, 0.1) is 5.92 Å². The molecular formula is C16H22N4O5. The molecule has 4 N–H and O–H groups in total. The number of nitrogens with zero attached hydrogens (tertiary/aromatic N) is 4. The van der Waals surface area contributed by atoms with E-state index in [0.29, 0.717) is 17.6 Å². The van der Waals surface area contributed by atoms with Crippen LogP contribution in [-0.2, 0) is 11.2 Å². The summed E-state index contributed by atoms with van der Waals surface area (Å²) in [4.78, 5) is 12.9. The van der Waals surface area contributed by atoms with Crippen molar-refractivity contribution in [2.24, 2.45) is 5.92 Å². The van der Waals surface area contributed by atoms with Crippen LogP contribution in [0.25, 0.3) is 11.2 Å². The maximum Gasteiger partial charge on any atom is 0.165 e. The Morgan fingerprint density at radius 1 is 1.12 bits per heavy atom. The molecule has 4 rings (SSSR count). The Balaban J connectivity index is 1.65. The number of aliphatic hydroxyl groups is 4. The van der Waals surface area contributed by atoms with Crippen LogP contribution < -0.4 is 0 Å². The van der Waals surface area contributed by atoms with Gasteiger partial charge in [-0.2, -0.15) is 0 Å². The molecule has 136 valence electrons. The summed E-state index contributed by atoms with van der Waals surface area (Å²) in [5.41, 5.74) is 1.84. The third kappa shape index (κ3) is 2.81. The smallest absolute Gasteiger partial charge is 0.165 e. The van der Waals surface area contributed by atoms with Crippen molar-refractivity contribution in [2.45, 2.75) is 56.3 Å². The second-order valence-corrected chi connectivity index (χ2v) is 6.84. The number of hydrogen-bond acceptors (Lipinski definition) is 8. The molecule has 0 radical (unpaired) electrons. The summed E-state index contributed by atoms with van der Waals surface area (Å²) in [6.07, 6.45) is 1.92. The van der Waals surface area contributed by atoms with Gasteiger partial charge in [0, 0.05) is 0 Å². The van der Waals surface area contributed by atoms with E-state index < -0.39 is 24.5 Å². The predicted molar refractivity (Wildman–Crippen MR) is 85.4 cm³/mol. The maximum absolute atomic E-state index is 10.2. The molecule has 2 aromatic rings. The van der Waals surface area contributed by atoms with Gasteiger partial charge < -0.3 is 25.2 Å². The molecular weight excluding hydrogens is 328 g/mol. The highest BCUT2D eigenvalue weighted by Crippen LogP contribution is 2.33. The average Bonchev–Trinajstić information content (AvgIpc) is 3.29. The van der Waals surface area contributed by atoms with E-state index >= 15 is 0 Å². The van der Waals surface area contributed by atoms with Crippen molar-refractivity contribution in [3.8, 4) is 0 Å². The Hall–Kier alpha value is -1.65. The van der Waals surface area contributed by atoms with Crippen LogP contribution in [0.15, 0.2) is 12.7 Å². The lowest BCUT2D eigenvalue weighted by atomic mass is 9.99. The summed E-state index contributed by atoms with van der Waals surface area (Å²) < 4.78 is 7.10. The van der Waals surface area contributed by atoms with Gasteiger partial charge in [0.05, 0.1) is 24.7 Å². The van der Waals surface area contributed by atoms with Gasteiger partial charge in [0.2, 0.25) is 0 Å². The van der Waals surface area contributed by atoms with Gasteiger partial charge >= 0.3 is 0 Å². The molecule has 6 atom stereocenters. The zero-order valence-corrected chi connectivity index (χ0v) is 13.6. The van der Waals surface area contributed by atoms with Gasteiger partial charge in [0.15, 0.2) is 11.9 Å². The van der Waals surface area contributed by atoms with E-state index in [1.165, 1.54) is 12.7 Å². The van der Waals surface area contributed by atoms with Crippen LogP contribution in [0.4, 0.5) is 0 Å². The Morgan fingerprint density at radius 2 is 1.96 bits per heavy atom. The lowest BCUT2D eigenvalue weighted by Gasteiger charge is -2.17. The zero-order valence-electron chi connectivity index (χ0n) is 13.6. The molecule has 1 aliphatic heterocycles. The molecule has 0 amide bonds. The fourth-order valence-electron chi connectivity index (χ4n) is 3.85. The highest BCUT2D eigenvalue weighted by molar-refractivity contribution is 5.73. The summed E-state index contributed by atoms with van der Waals surface area (Å²) in [5, 5.41) is 39.4. The number of ether oxygens (including phenoxy) is 1. The molecule has 1 aliphatic carbocycles. The molecule has 25 heavy (non-hydrogen) atoms. The Labute approximate surface area is 143 Å². The first-order chi connectivity index (χ1) is 12.1. The molecule has 9 nitrogen and oxygen atoms in total. The van der Waals surface area contributed by atoms with Crippen LogP contribution in [0.5, 0.6) is 0 Å². The number of hydrogen-bond donors (Lipinski definition) is 4. The Morgan fingerprint density at radius 3 is 2.64 bits per heavy atom. The van der Waals surface area contributed by atoms with E-state index in [2.05, 4.69) is 15.0 Å². The fraction of sp³-hybridized carbons (Fsp3) is 0.688. The van der Waals surface area contributed by atoms with Gasteiger partial charge in [-0.05, 0) is 25.2 Å². The predicted octanol–water partition coefficient (Wildman–Crippen LogP) is -0.859. The summed E-state index contributed by atoms with van der Waals surface area (Å²) in [7, 11) is 0. The third-order valence-corrected chi connectivity index (χ3v) is 5.30. The van der Waals surface area contributed by atoms with Crippen molar-refractivity contribution < 1.29 is 25.2 Å². The lowest BCUT2D eigenvalue weighted by molar-refractivity contribution is -0.0511. The zero-order chi connectivity index (χ0) is 17.6. The highest BCUT2D eigenvalue weighted by atomic mass is 16.6. The first kappa shape index (κ1) is 16.8. The van der Waals surface area contributed by atoms with Gasteiger partial charge in [-0.15, -0.1) is 0 Å². The van der Waals surface area contributed by atoms with Crippen molar-refractivity contribution in [3.05, 3.63) is 18.3 Å². The lowest BCUT2D eigenvalue weighted by Crippen LogP contribution is -2.33. The minimum Gasteiger partial charge on any atom is -0.394 e. The van der Waals surface area contributed by atoms with E-state index in [1.807, 2.05) is 0 Å². The van der Waals surface area contributed by atoms with Gasteiger partial charge in [0.1, 0.15) is 30.2 Å². The van der Waals surface area contributed by atoms with Crippen molar-refractivity contribution >= 4 is 11.2 Å². The van der Waals surface area contributed by atoms with Crippen LogP contribution in [-0.4, -0.2) is 71.0 Å².